The van der Waals surface area contributed by atoms with Crippen LogP contribution in [-0.2, 0) is 25.5 Å². The summed E-state index contributed by atoms with van der Waals surface area (Å²) < 4.78 is 18.7. The van der Waals surface area contributed by atoms with Crippen molar-refractivity contribution in [3.05, 3.63) is 51.9 Å². The second-order valence-corrected chi connectivity index (χ2v) is 9.35. The number of hydrogen-bond donors (Lipinski definition) is 0. The average Bonchev–Trinajstić information content (AvgIpc) is 3.24. The van der Waals surface area contributed by atoms with Crippen LogP contribution in [0.3, 0.4) is 0 Å². The van der Waals surface area contributed by atoms with E-state index >= 15 is 0 Å². The molecule has 1 saturated heterocycles. The summed E-state index contributed by atoms with van der Waals surface area (Å²) in [6, 6.07) is 4.53. The molecule has 3 heterocycles. The third kappa shape index (κ3) is 4.58. The lowest BCUT2D eigenvalue weighted by Crippen LogP contribution is -2.67. The summed E-state index contributed by atoms with van der Waals surface area (Å²) in [5.41, 5.74) is 0.994. The number of benzene rings is 1. The van der Waals surface area contributed by atoms with Gasteiger partial charge in [0.05, 0.1) is 18.2 Å². The zero-order chi connectivity index (χ0) is 23.7. The van der Waals surface area contributed by atoms with Crippen LogP contribution in [0.5, 0.6) is 0 Å². The van der Waals surface area contributed by atoms with Crippen molar-refractivity contribution in [3.8, 4) is 0 Å². The minimum atomic E-state index is -1.16. The van der Waals surface area contributed by atoms with Gasteiger partial charge in [0.2, 0.25) is 11.6 Å². The van der Waals surface area contributed by atoms with Gasteiger partial charge in [-0.1, -0.05) is 23.5 Å². The van der Waals surface area contributed by atoms with Crippen LogP contribution in [0.4, 0.5) is 4.39 Å². The van der Waals surface area contributed by atoms with Crippen molar-refractivity contribution in [1.82, 2.24) is 20.0 Å². The molecule has 8 nitrogen and oxygen atoms in total. The molecule has 0 spiro atoms. The molecule has 0 bridgehead atoms. The first-order valence-electron chi connectivity index (χ1n) is 10.8. The Morgan fingerprint density at radius 3 is 2.58 bits per heavy atom. The van der Waals surface area contributed by atoms with E-state index in [1.54, 1.807) is 28.1 Å². The van der Waals surface area contributed by atoms with E-state index in [2.05, 4.69) is 10.2 Å². The van der Waals surface area contributed by atoms with Gasteiger partial charge in [0.25, 0.3) is 5.91 Å². The molecule has 2 atom stereocenters. The van der Waals surface area contributed by atoms with E-state index in [0.29, 0.717) is 36.2 Å². The molecule has 1 unspecified atom stereocenters. The molecule has 2 aliphatic rings. The smallest absolute Gasteiger partial charge is 0.254 e. The third-order valence-electron chi connectivity index (χ3n) is 5.68. The Bertz CT molecular complexity index is 1100. The molecule has 174 valence electrons. The maximum atomic E-state index is 13.2. The number of aromatic nitrogens is 2. The predicted molar refractivity (Wildman–Crippen MR) is 120 cm³/mol. The van der Waals surface area contributed by atoms with Gasteiger partial charge in [-0.3, -0.25) is 14.4 Å². The van der Waals surface area contributed by atoms with Crippen LogP contribution in [0.25, 0.3) is 5.57 Å². The summed E-state index contributed by atoms with van der Waals surface area (Å²) in [6.45, 7) is 6.88. The van der Waals surface area contributed by atoms with E-state index in [9.17, 15) is 18.8 Å². The number of halogens is 1. The van der Waals surface area contributed by atoms with Crippen molar-refractivity contribution in [2.24, 2.45) is 0 Å². The molecule has 10 heteroatoms. The lowest BCUT2D eigenvalue weighted by atomic mass is 9.92. The molecule has 2 aliphatic heterocycles. The van der Waals surface area contributed by atoms with Crippen LogP contribution in [-0.4, -0.2) is 75.4 Å². The molecular weight excluding hydrogens is 447 g/mol. The molecule has 1 amide bonds. The number of carbonyl (C=O) groups excluding carboxylic acids is 3. The number of ether oxygens (including phenoxy) is 1. The standard InChI is InChI=1S/C23H25FN4O4S/c1-4-32-12-16-10-27-11-17(20(29)21(30)19(27)23(31)28(16)13(2)3)22-26-25-18(33-22)9-14-5-7-15(24)8-6-14/h5-8,11,13,16,19H,4,9-10,12H2,1-3H3/t16-,19?/m0/s1. The Kier molecular flexibility index (Phi) is 6.66. The van der Waals surface area contributed by atoms with Crippen LogP contribution < -0.4 is 0 Å². The van der Waals surface area contributed by atoms with Crippen molar-refractivity contribution in [1.29, 1.82) is 0 Å². The fraction of sp³-hybridized carbons (Fsp3) is 0.435. The van der Waals surface area contributed by atoms with E-state index in [1.807, 2.05) is 20.8 Å². The highest BCUT2D eigenvalue weighted by atomic mass is 32.1. The van der Waals surface area contributed by atoms with Crippen LogP contribution in [0, 0.1) is 5.82 Å². The van der Waals surface area contributed by atoms with Gasteiger partial charge in [0.15, 0.2) is 11.0 Å². The highest BCUT2D eigenvalue weighted by molar-refractivity contribution is 7.13. The number of amides is 1. The molecule has 4 rings (SSSR count). The van der Waals surface area contributed by atoms with E-state index in [4.69, 9.17) is 4.74 Å². The van der Waals surface area contributed by atoms with Crippen LogP contribution in [0.15, 0.2) is 30.5 Å². The molecule has 33 heavy (non-hydrogen) atoms. The summed E-state index contributed by atoms with van der Waals surface area (Å²) in [7, 11) is 0. The number of rotatable bonds is 7. The molecule has 1 aromatic heterocycles. The number of hydrogen-bond acceptors (Lipinski definition) is 8. The third-order valence-corrected chi connectivity index (χ3v) is 6.64. The Hall–Kier alpha value is -2.98. The Morgan fingerprint density at radius 1 is 1.18 bits per heavy atom. The number of ketones is 2. The maximum absolute atomic E-state index is 13.2. The van der Waals surface area contributed by atoms with E-state index in [1.165, 1.54) is 23.5 Å². The second-order valence-electron chi connectivity index (χ2n) is 8.29. The fourth-order valence-electron chi connectivity index (χ4n) is 4.20. The van der Waals surface area contributed by atoms with Crippen LogP contribution >= 0.6 is 11.3 Å². The maximum Gasteiger partial charge on any atom is 0.254 e. The second kappa shape index (κ2) is 9.48. The van der Waals surface area contributed by atoms with Gasteiger partial charge in [-0.05, 0) is 38.5 Å². The quantitative estimate of drug-likeness (QED) is 0.450. The Morgan fingerprint density at radius 2 is 1.91 bits per heavy atom. The van der Waals surface area contributed by atoms with Gasteiger partial charge in [0.1, 0.15) is 10.8 Å². The first-order valence-corrected chi connectivity index (χ1v) is 11.6. The molecular formula is C23H25FN4O4S. The zero-order valence-electron chi connectivity index (χ0n) is 18.7. The zero-order valence-corrected chi connectivity index (χ0v) is 19.5. The van der Waals surface area contributed by atoms with E-state index in [-0.39, 0.29) is 29.4 Å². The van der Waals surface area contributed by atoms with Gasteiger partial charge in [-0.25, -0.2) is 4.39 Å². The van der Waals surface area contributed by atoms with Crippen molar-refractivity contribution in [2.75, 3.05) is 19.8 Å². The molecule has 1 aromatic carbocycles. The number of Topliss-reactive ketones (excluding diaryl/α,β-unsaturated/α-hetero) is 2. The number of allylic oxidation sites excluding steroid dienone is 1. The summed E-state index contributed by atoms with van der Waals surface area (Å²) in [4.78, 5) is 42.4. The van der Waals surface area contributed by atoms with Gasteiger partial charge in [-0.2, -0.15) is 0 Å². The van der Waals surface area contributed by atoms with Crippen LogP contribution in [0.1, 0.15) is 36.3 Å². The summed E-state index contributed by atoms with van der Waals surface area (Å²) in [6.07, 6.45) is 1.99. The highest BCUT2D eigenvalue weighted by Crippen LogP contribution is 2.31. The summed E-state index contributed by atoms with van der Waals surface area (Å²) in [5.74, 6) is -2.20. The van der Waals surface area contributed by atoms with Crippen molar-refractivity contribution in [2.45, 2.75) is 45.3 Å². The molecule has 0 aliphatic carbocycles. The molecule has 0 N–H and O–H groups in total. The molecule has 1 fully saturated rings. The highest BCUT2D eigenvalue weighted by Gasteiger charge is 2.49. The van der Waals surface area contributed by atoms with Crippen molar-refractivity contribution >= 4 is 34.4 Å². The Balaban J connectivity index is 1.61. The lowest BCUT2D eigenvalue weighted by Gasteiger charge is -2.47. The van der Waals surface area contributed by atoms with Gasteiger partial charge >= 0.3 is 0 Å². The Labute approximate surface area is 195 Å². The van der Waals surface area contributed by atoms with Gasteiger partial charge < -0.3 is 14.5 Å². The van der Waals surface area contributed by atoms with E-state index in [0.717, 1.165) is 5.56 Å². The number of carbonyl (C=O) groups is 3. The number of piperazine rings is 1. The molecule has 0 radical (unpaired) electrons. The van der Waals surface area contributed by atoms with Crippen LogP contribution in [0.2, 0.25) is 0 Å². The fourth-order valence-corrected chi connectivity index (χ4v) is 5.08. The van der Waals surface area contributed by atoms with Gasteiger partial charge in [0, 0.05) is 31.8 Å². The monoisotopic (exact) mass is 472 g/mol. The minimum absolute atomic E-state index is 0.129. The number of nitrogens with zero attached hydrogens (tertiary/aromatic N) is 4. The van der Waals surface area contributed by atoms with Crippen molar-refractivity contribution in [3.63, 3.8) is 0 Å². The first-order chi connectivity index (χ1) is 15.8. The molecule has 0 saturated carbocycles. The topological polar surface area (TPSA) is 92.7 Å². The first kappa shape index (κ1) is 23.2. The van der Waals surface area contributed by atoms with Gasteiger partial charge in [-0.15, -0.1) is 10.2 Å². The normalized spacial score (nSPS) is 21.0. The average molecular weight is 473 g/mol. The molecule has 2 aromatic rings. The van der Waals surface area contributed by atoms with E-state index < -0.39 is 17.6 Å². The number of fused-ring (bicyclic) bond motifs is 1. The summed E-state index contributed by atoms with van der Waals surface area (Å²) in [5, 5.41) is 9.21. The SMILES string of the molecule is CCOC[C@@H]1CN2C=C(c3nnc(Cc4ccc(F)cc4)s3)C(=O)C(=O)C2C(=O)N1C(C)C. The summed E-state index contributed by atoms with van der Waals surface area (Å²) >= 11 is 1.20. The van der Waals surface area contributed by atoms with Crippen molar-refractivity contribution < 1.29 is 23.5 Å². The minimum Gasteiger partial charge on any atom is -0.380 e. The lowest BCUT2D eigenvalue weighted by molar-refractivity contribution is -0.156. The predicted octanol–water partition coefficient (Wildman–Crippen LogP) is 2.09. The largest absolute Gasteiger partial charge is 0.380 e.